The first-order chi connectivity index (χ1) is 10.2. The molecule has 0 unspecified atom stereocenters. The van der Waals surface area contributed by atoms with Gasteiger partial charge in [-0.25, -0.2) is 4.68 Å². The minimum absolute atomic E-state index is 0.531. The van der Waals surface area contributed by atoms with E-state index in [9.17, 15) is 0 Å². The van der Waals surface area contributed by atoms with Crippen LogP contribution in [0.3, 0.4) is 0 Å². The summed E-state index contributed by atoms with van der Waals surface area (Å²) in [7, 11) is 0. The second-order valence-electron chi connectivity index (χ2n) is 6.23. The lowest BCUT2D eigenvalue weighted by molar-refractivity contribution is 0.331. The van der Waals surface area contributed by atoms with Gasteiger partial charge in [0.2, 0.25) is 0 Å². The molecule has 1 aromatic heterocycles. The molecule has 0 radical (unpaired) electrons. The minimum Gasteiger partial charge on any atom is -0.398 e. The van der Waals surface area contributed by atoms with Gasteiger partial charge < -0.3 is 5.73 Å². The maximum Gasteiger partial charge on any atom is 0.183 e. The van der Waals surface area contributed by atoms with Crippen LogP contribution in [0.5, 0.6) is 0 Å². The van der Waals surface area contributed by atoms with Crippen LogP contribution in [0.4, 0.5) is 5.69 Å². The summed E-state index contributed by atoms with van der Waals surface area (Å²) in [5, 5.41) is 12.7. The average Bonchev–Trinajstić information content (AvgIpc) is 3.39. The van der Waals surface area contributed by atoms with Crippen molar-refractivity contribution in [3.63, 3.8) is 0 Å². The predicted octanol–water partition coefficient (Wildman–Crippen LogP) is 3.01. The molecule has 6 heteroatoms. The van der Waals surface area contributed by atoms with Gasteiger partial charge in [0.1, 0.15) is 0 Å². The van der Waals surface area contributed by atoms with Gasteiger partial charge in [-0.2, -0.15) is 0 Å². The lowest BCUT2D eigenvalue weighted by Gasteiger charge is -2.16. The van der Waals surface area contributed by atoms with Gasteiger partial charge in [-0.3, -0.25) is 0 Å². The number of nitrogen functional groups attached to an aromatic ring is 1. The standard InChI is InChI=1S/C15H18ClN5/c16-14-11(2-1-3-13(14)17)15-18-19-20-21(15)8-12(9-4-5-9)10-6-7-10/h1-3,9-10,12H,4-8,17H2. The third-order valence-electron chi connectivity index (χ3n) is 4.64. The van der Waals surface area contributed by atoms with Gasteiger partial charge in [0.15, 0.2) is 5.82 Å². The lowest BCUT2D eigenvalue weighted by atomic mass is 9.98. The normalized spacial score (nSPS) is 18.4. The Bertz CT molecular complexity index is 648. The maximum absolute atomic E-state index is 6.31. The predicted molar refractivity (Wildman–Crippen MR) is 81.6 cm³/mol. The maximum atomic E-state index is 6.31. The van der Waals surface area contributed by atoms with Crippen LogP contribution in [-0.4, -0.2) is 20.2 Å². The highest BCUT2D eigenvalue weighted by Gasteiger charge is 2.42. The smallest absolute Gasteiger partial charge is 0.183 e. The van der Waals surface area contributed by atoms with E-state index in [4.69, 9.17) is 17.3 Å². The topological polar surface area (TPSA) is 69.6 Å². The number of rotatable bonds is 5. The van der Waals surface area contributed by atoms with Crippen molar-refractivity contribution in [3.8, 4) is 11.4 Å². The van der Waals surface area contributed by atoms with Crippen molar-refractivity contribution in [3.05, 3.63) is 23.2 Å². The second kappa shape index (κ2) is 4.98. The molecule has 0 aliphatic heterocycles. The molecule has 2 aliphatic carbocycles. The molecule has 1 aromatic carbocycles. The highest BCUT2D eigenvalue weighted by molar-refractivity contribution is 6.35. The fourth-order valence-electron chi connectivity index (χ4n) is 3.17. The minimum atomic E-state index is 0.531. The van der Waals surface area contributed by atoms with Gasteiger partial charge in [0, 0.05) is 12.1 Å². The highest BCUT2D eigenvalue weighted by Crippen LogP contribution is 2.50. The van der Waals surface area contributed by atoms with Crippen LogP contribution in [0.25, 0.3) is 11.4 Å². The van der Waals surface area contributed by atoms with Crippen molar-refractivity contribution < 1.29 is 0 Å². The van der Waals surface area contributed by atoms with E-state index in [0.717, 1.165) is 29.8 Å². The van der Waals surface area contributed by atoms with E-state index in [2.05, 4.69) is 15.5 Å². The Morgan fingerprint density at radius 3 is 2.62 bits per heavy atom. The fourth-order valence-corrected chi connectivity index (χ4v) is 3.39. The van der Waals surface area contributed by atoms with Crippen LogP contribution in [0.15, 0.2) is 18.2 Å². The van der Waals surface area contributed by atoms with E-state index in [1.807, 2.05) is 16.8 Å². The number of nitrogens with zero attached hydrogens (tertiary/aromatic N) is 4. The second-order valence-corrected chi connectivity index (χ2v) is 6.61. The Kier molecular flexibility index (Phi) is 3.10. The molecule has 2 N–H and O–H groups in total. The quantitative estimate of drug-likeness (QED) is 0.862. The van der Waals surface area contributed by atoms with E-state index in [1.54, 1.807) is 6.07 Å². The zero-order valence-corrected chi connectivity index (χ0v) is 12.5. The number of hydrogen-bond donors (Lipinski definition) is 1. The molecule has 2 saturated carbocycles. The van der Waals surface area contributed by atoms with Crippen molar-refractivity contribution in [1.29, 1.82) is 0 Å². The number of hydrogen-bond acceptors (Lipinski definition) is 4. The molecule has 1 heterocycles. The summed E-state index contributed by atoms with van der Waals surface area (Å²) in [6.07, 6.45) is 5.44. The largest absolute Gasteiger partial charge is 0.398 e. The summed E-state index contributed by atoms with van der Waals surface area (Å²) >= 11 is 6.31. The van der Waals surface area contributed by atoms with E-state index in [-0.39, 0.29) is 0 Å². The zero-order valence-electron chi connectivity index (χ0n) is 11.7. The third-order valence-corrected chi connectivity index (χ3v) is 5.06. The molecule has 4 rings (SSSR count). The number of aromatic nitrogens is 4. The van der Waals surface area contributed by atoms with Gasteiger partial charge >= 0.3 is 0 Å². The molecule has 0 amide bonds. The van der Waals surface area contributed by atoms with E-state index < -0.39 is 0 Å². The third kappa shape index (κ3) is 2.50. The van der Waals surface area contributed by atoms with Gasteiger partial charge in [0.05, 0.1) is 10.7 Å². The molecule has 0 spiro atoms. The molecular weight excluding hydrogens is 286 g/mol. The number of halogens is 1. The van der Waals surface area contributed by atoms with Crippen LogP contribution in [-0.2, 0) is 6.54 Å². The van der Waals surface area contributed by atoms with Crippen molar-refractivity contribution in [2.24, 2.45) is 17.8 Å². The Balaban J connectivity index is 1.65. The first-order valence-corrected chi connectivity index (χ1v) is 7.92. The van der Waals surface area contributed by atoms with Crippen LogP contribution < -0.4 is 5.73 Å². The number of nitrogens with two attached hydrogens (primary N) is 1. The number of anilines is 1. The van der Waals surface area contributed by atoms with Crippen LogP contribution in [0.2, 0.25) is 5.02 Å². The summed E-state index contributed by atoms with van der Waals surface area (Å²) < 4.78 is 1.90. The Morgan fingerprint density at radius 2 is 1.95 bits per heavy atom. The van der Waals surface area contributed by atoms with E-state index >= 15 is 0 Å². The van der Waals surface area contributed by atoms with E-state index in [0.29, 0.717) is 16.6 Å². The molecule has 0 atom stereocenters. The highest BCUT2D eigenvalue weighted by atomic mass is 35.5. The van der Waals surface area contributed by atoms with Crippen molar-refractivity contribution in [2.45, 2.75) is 32.2 Å². The Labute approximate surface area is 128 Å². The molecule has 2 aromatic rings. The van der Waals surface area contributed by atoms with Crippen molar-refractivity contribution in [1.82, 2.24) is 20.2 Å². The zero-order chi connectivity index (χ0) is 14.4. The van der Waals surface area contributed by atoms with Crippen LogP contribution in [0.1, 0.15) is 25.7 Å². The summed E-state index contributed by atoms with van der Waals surface area (Å²) in [5.74, 6) is 3.17. The van der Waals surface area contributed by atoms with Crippen LogP contribution in [0, 0.1) is 17.8 Å². The molecule has 0 saturated heterocycles. The van der Waals surface area contributed by atoms with Gasteiger partial charge in [-0.1, -0.05) is 17.7 Å². The van der Waals surface area contributed by atoms with Crippen LogP contribution >= 0.6 is 11.6 Å². The molecule has 21 heavy (non-hydrogen) atoms. The first-order valence-electron chi connectivity index (χ1n) is 7.54. The van der Waals surface area contributed by atoms with Gasteiger partial charge in [0.25, 0.3) is 0 Å². The van der Waals surface area contributed by atoms with Crippen molar-refractivity contribution >= 4 is 17.3 Å². The fraction of sp³-hybridized carbons (Fsp3) is 0.533. The molecule has 110 valence electrons. The van der Waals surface area contributed by atoms with Gasteiger partial charge in [-0.05, 0) is 66.0 Å². The summed E-state index contributed by atoms with van der Waals surface area (Å²) in [6, 6.07) is 5.59. The number of tetrazole rings is 1. The van der Waals surface area contributed by atoms with Crippen molar-refractivity contribution in [2.75, 3.05) is 5.73 Å². The summed E-state index contributed by atoms with van der Waals surface area (Å²) in [4.78, 5) is 0. The molecular formula is C15H18ClN5. The molecule has 0 bridgehead atoms. The SMILES string of the molecule is Nc1cccc(-c2nnnn2CC(C2CC2)C2CC2)c1Cl. The summed E-state index contributed by atoms with van der Waals surface area (Å²) in [5.41, 5.74) is 7.26. The number of benzene rings is 1. The Morgan fingerprint density at radius 1 is 1.24 bits per heavy atom. The van der Waals surface area contributed by atoms with Gasteiger partial charge in [-0.15, -0.1) is 5.10 Å². The molecule has 2 fully saturated rings. The first kappa shape index (κ1) is 13.1. The summed E-state index contributed by atoms with van der Waals surface area (Å²) in [6.45, 7) is 0.892. The molecule has 2 aliphatic rings. The Hall–Kier alpha value is -1.62. The average molecular weight is 304 g/mol. The lowest BCUT2D eigenvalue weighted by Crippen LogP contribution is -2.17. The van der Waals surface area contributed by atoms with E-state index in [1.165, 1.54) is 25.7 Å². The monoisotopic (exact) mass is 303 g/mol. The molecule has 5 nitrogen and oxygen atoms in total.